The van der Waals surface area contributed by atoms with Gasteiger partial charge in [-0.3, -0.25) is 14.2 Å². The molecule has 0 radical (unpaired) electrons. The van der Waals surface area contributed by atoms with Gasteiger partial charge in [-0.2, -0.15) is 0 Å². The Morgan fingerprint density at radius 3 is 2.61 bits per heavy atom. The lowest BCUT2D eigenvalue weighted by atomic mass is 10.1. The van der Waals surface area contributed by atoms with Gasteiger partial charge in [0.05, 0.1) is 17.0 Å². The number of nitrogens with two attached hydrogens (primary N) is 1. The van der Waals surface area contributed by atoms with Crippen LogP contribution in [0.2, 0.25) is 0 Å². The molecule has 8 nitrogen and oxygen atoms in total. The number of benzene rings is 2. The minimum absolute atomic E-state index is 0.0795. The van der Waals surface area contributed by atoms with Crippen LogP contribution in [0.3, 0.4) is 0 Å². The van der Waals surface area contributed by atoms with Gasteiger partial charge in [-0.05, 0) is 43.2 Å². The van der Waals surface area contributed by atoms with E-state index in [-0.39, 0.29) is 23.3 Å². The molecular weight excluding hydrogens is 438 g/mol. The smallest absolute Gasteiger partial charge is 0.250 e. The predicted molar refractivity (Wildman–Crippen MR) is 129 cm³/mol. The van der Waals surface area contributed by atoms with Gasteiger partial charge in [-0.15, -0.1) is 16.8 Å². The molecule has 33 heavy (non-hydrogen) atoms. The fraction of sp³-hybridized carbons (Fsp3) is 0.250. The highest BCUT2D eigenvalue weighted by Gasteiger charge is 2.20. The van der Waals surface area contributed by atoms with Crippen LogP contribution in [-0.4, -0.2) is 32.3 Å². The van der Waals surface area contributed by atoms with Crippen molar-refractivity contribution in [3.8, 4) is 5.75 Å². The molecule has 172 valence electrons. The minimum atomic E-state index is -0.604. The van der Waals surface area contributed by atoms with E-state index in [2.05, 4.69) is 29.0 Å². The molecule has 0 aliphatic carbocycles. The second-order valence-electron chi connectivity index (χ2n) is 7.24. The van der Waals surface area contributed by atoms with Crippen molar-refractivity contribution in [3.63, 3.8) is 0 Å². The molecule has 1 heterocycles. The molecular formula is C24H27N5O3S. The predicted octanol–water partition coefficient (Wildman–Crippen LogP) is 4.00. The van der Waals surface area contributed by atoms with E-state index in [0.717, 1.165) is 12.2 Å². The maximum Gasteiger partial charge on any atom is 0.250 e. The molecule has 0 spiro atoms. The summed E-state index contributed by atoms with van der Waals surface area (Å²) in [5.41, 5.74) is 7.24. The number of nitrogens with zero attached hydrogens (tertiary/aromatic N) is 3. The zero-order valence-electron chi connectivity index (χ0n) is 18.7. The average molecular weight is 466 g/mol. The van der Waals surface area contributed by atoms with Crippen molar-refractivity contribution < 1.29 is 14.3 Å². The van der Waals surface area contributed by atoms with Crippen LogP contribution >= 0.6 is 11.8 Å². The van der Waals surface area contributed by atoms with Crippen LogP contribution in [0.25, 0.3) is 0 Å². The normalized spacial score (nSPS) is 11.6. The van der Waals surface area contributed by atoms with Crippen molar-refractivity contribution in [2.75, 3.05) is 11.1 Å². The first-order chi connectivity index (χ1) is 15.9. The number of anilines is 1. The Labute approximate surface area is 197 Å². The van der Waals surface area contributed by atoms with E-state index >= 15 is 0 Å². The van der Waals surface area contributed by atoms with Crippen molar-refractivity contribution in [1.29, 1.82) is 0 Å². The summed E-state index contributed by atoms with van der Waals surface area (Å²) < 4.78 is 7.92. The number of primary amides is 1. The Balaban J connectivity index is 1.68. The summed E-state index contributed by atoms with van der Waals surface area (Å²) in [6.07, 6.45) is 2.35. The first-order valence-corrected chi connectivity index (χ1v) is 11.5. The van der Waals surface area contributed by atoms with E-state index < -0.39 is 5.91 Å². The van der Waals surface area contributed by atoms with Crippen LogP contribution in [0.1, 0.15) is 41.7 Å². The van der Waals surface area contributed by atoms with Crippen molar-refractivity contribution in [3.05, 3.63) is 78.1 Å². The van der Waals surface area contributed by atoms with Gasteiger partial charge in [0.2, 0.25) is 5.91 Å². The number of ether oxygens (including phenoxy) is 1. The second-order valence-corrected chi connectivity index (χ2v) is 8.19. The lowest BCUT2D eigenvalue weighted by molar-refractivity contribution is -0.113. The highest BCUT2D eigenvalue weighted by Crippen LogP contribution is 2.25. The average Bonchev–Trinajstić information content (AvgIpc) is 3.21. The summed E-state index contributed by atoms with van der Waals surface area (Å²) in [5, 5.41) is 11.8. The zero-order valence-corrected chi connectivity index (χ0v) is 19.5. The highest BCUT2D eigenvalue weighted by atomic mass is 32.2. The third kappa shape index (κ3) is 6.23. The Morgan fingerprint density at radius 2 is 1.94 bits per heavy atom. The van der Waals surface area contributed by atoms with Gasteiger partial charge in [-0.25, -0.2) is 0 Å². The number of hydrogen-bond acceptors (Lipinski definition) is 6. The van der Waals surface area contributed by atoms with Gasteiger partial charge >= 0.3 is 0 Å². The number of hydrogen-bond donors (Lipinski definition) is 2. The monoisotopic (exact) mass is 465 g/mol. The summed E-state index contributed by atoms with van der Waals surface area (Å²) in [6, 6.07) is 14.5. The van der Waals surface area contributed by atoms with Crippen molar-refractivity contribution >= 4 is 29.3 Å². The van der Waals surface area contributed by atoms with E-state index in [9.17, 15) is 9.59 Å². The minimum Gasteiger partial charge on any atom is -0.483 e. The number of aromatic nitrogens is 3. The molecule has 0 saturated heterocycles. The number of nitrogens with one attached hydrogen (secondary N) is 1. The standard InChI is InChI=1S/C24H27N5O3S/c1-4-14-29-23(16(3)32-18-12-10-17(5-2)11-13-18)27-28-24(29)33-15-21(30)26-20-9-7-6-8-19(20)22(25)31/h4,6-13,16H,1,5,14-15H2,2-3H3,(H2,25,31)(H,26,30). The van der Waals surface area contributed by atoms with Gasteiger partial charge in [-0.1, -0.05) is 49.0 Å². The van der Waals surface area contributed by atoms with E-state index in [1.54, 1.807) is 30.3 Å². The van der Waals surface area contributed by atoms with Crippen LogP contribution in [-0.2, 0) is 17.8 Å². The molecule has 0 aliphatic heterocycles. The van der Waals surface area contributed by atoms with Crippen LogP contribution < -0.4 is 15.8 Å². The quantitative estimate of drug-likeness (QED) is 0.327. The number of allylic oxidation sites excluding steroid dienone is 1. The Bertz CT molecular complexity index is 1130. The first-order valence-electron chi connectivity index (χ1n) is 10.5. The first kappa shape index (κ1) is 24.1. The van der Waals surface area contributed by atoms with Crippen molar-refractivity contribution in [1.82, 2.24) is 14.8 Å². The SMILES string of the molecule is C=CCn1c(SCC(=O)Nc2ccccc2C(N)=O)nnc1C(C)Oc1ccc(CC)cc1. The second kappa shape index (κ2) is 11.3. The third-order valence-electron chi connectivity index (χ3n) is 4.86. The van der Waals surface area contributed by atoms with E-state index in [4.69, 9.17) is 10.5 Å². The van der Waals surface area contributed by atoms with Crippen LogP contribution in [0.5, 0.6) is 5.75 Å². The maximum absolute atomic E-state index is 12.5. The molecule has 3 aromatic rings. The summed E-state index contributed by atoms with van der Waals surface area (Å²) in [7, 11) is 0. The van der Waals surface area contributed by atoms with Gasteiger partial charge < -0.3 is 15.8 Å². The molecule has 3 N–H and O–H groups in total. The summed E-state index contributed by atoms with van der Waals surface area (Å²) in [6.45, 7) is 8.28. The van der Waals surface area contributed by atoms with Crippen LogP contribution in [0.4, 0.5) is 5.69 Å². The number of carbonyl (C=O) groups is 2. The lowest BCUT2D eigenvalue weighted by Crippen LogP contribution is -2.19. The number of amides is 2. The molecule has 0 aliphatic rings. The molecule has 0 saturated carbocycles. The summed E-state index contributed by atoms with van der Waals surface area (Å²) in [5.74, 6) is 0.567. The zero-order chi connectivity index (χ0) is 23.8. The topological polar surface area (TPSA) is 112 Å². The van der Waals surface area contributed by atoms with Crippen LogP contribution in [0, 0.1) is 0 Å². The number of rotatable bonds is 11. The summed E-state index contributed by atoms with van der Waals surface area (Å²) >= 11 is 1.24. The largest absolute Gasteiger partial charge is 0.483 e. The van der Waals surface area contributed by atoms with Crippen molar-refractivity contribution in [2.45, 2.75) is 38.1 Å². The van der Waals surface area contributed by atoms with E-state index in [1.807, 2.05) is 35.8 Å². The van der Waals surface area contributed by atoms with Crippen LogP contribution in [0.15, 0.2) is 66.3 Å². The third-order valence-corrected chi connectivity index (χ3v) is 5.83. The van der Waals surface area contributed by atoms with Gasteiger partial charge in [0, 0.05) is 6.54 Å². The van der Waals surface area contributed by atoms with Gasteiger partial charge in [0.1, 0.15) is 5.75 Å². The number of para-hydroxylation sites is 1. The Hall–Kier alpha value is -3.59. The van der Waals surface area contributed by atoms with E-state index in [0.29, 0.717) is 23.2 Å². The Kier molecular flexibility index (Phi) is 8.26. The number of carbonyl (C=O) groups excluding carboxylic acids is 2. The molecule has 0 fully saturated rings. The molecule has 1 aromatic heterocycles. The molecule has 9 heteroatoms. The molecule has 0 bridgehead atoms. The highest BCUT2D eigenvalue weighted by molar-refractivity contribution is 7.99. The molecule has 1 unspecified atom stereocenters. The van der Waals surface area contributed by atoms with Gasteiger partial charge in [0.25, 0.3) is 5.91 Å². The molecule has 3 rings (SSSR count). The fourth-order valence-corrected chi connectivity index (χ4v) is 3.95. The molecule has 1 atom stereocenters. The van der Waals surface area contributed by atoms with Gasteiger partial charge in [0.15, 0.2) is 17.1 Å². The number of thioether (sulfide) groups is 1. The molecule has 2 aromatic carbocycles. The van der Waals surface area contributed by atoms with E-state index in [1.165, 1.54) is 17.3 Å². The number of aryl methyl sites for hydroxylation is 1. The lowest BCUT2D eigenvalue weighted by Gasteiger charge is -2.16. The van der Waals surface area contributed by atoms with Crippen molar-refractivity contribution in [2.24, 2.45) is 5.73 Å². The fourth-order valence-electron chi connectivity index (χ4n) is 3.19. The Morgan fingerprint density at radius 1 is 1.21 bits per heavy atom. The summed E-state index contributed by atoms with van der Waals surface area (Å²) in [4.78, 5) is 24.0. The maximum atomic E-state index is 12.5. The molecule has 2 amide bonds.